The molecule has 0 radical (unpaired) electrons. The van der Waals surface area contributed by atoms with Crippen molar-refractivity contribution in [2.75, 3.05) is 46.5 Å². The molecule has 5 nitrogen and oxygen atoms in total. The zero-order valence-corrected chi connectivity index (χ0v) is 15.8. The summed E-state index contributed by atoms with van der Waals surface area (Å²) in [4.78, 5) is 17.7. The molecule has 26 heavy (non-hydrogen) atoms. The average molecular weight is 358 g/mol. The zero-order valence-electron chi connectivity index (χ0n) is 15.8. The second-order valence-corrected chi connectivity index (χ2v) is 8.06. The minimum Gasteiger partial charge on any atom is -0.497 e. The van der Waals surface area contributed by atoms with Gasteiger partial charge in [-0.15, -0.1) is 0 Å². The van der Waals surface area contributed by atoms with E-state index in [1.807, 2.05) is 11.0 Å². The first-order chi connectivity index (χ1) is 12.7. The highest BCUT2D eigenvalue weighted by Crippen LogP contribution is 2.50. The van der Waals surface area contributed by atoms with Crippen molar-refractivity contribution in [1.82, 2.24) is 9.80 Å². The van der Waals surface area contributed by atoms with Crippen molar-refractivity contribution in [3.8, 4) is 5.75 Å². The Labute approximate surface area is 156 Å². The van der Waals surface area contributed by atoms with Gasteiger partial charge in [-0.05, 0) is 48.9 Å². The Morgan fingerprint density at radius 2 is 2.12 bits per heavy atom. The molecular formula is C21H30N2O3. The summed E-state index contributed by atoms with van der Waals surface area (Å²) in [5.41, 5.74) is 1.48. The first-order valence-corrected chi connectivity index (χ1v) is 9.92. The number of benzene rings is 1. The fourth-order valence-corrected chi connectivity index (χ4v) is 5.16. The second kappa shape index (κ2) is 7.57. The van der Waals surface area contributed by atoms with Gasteiger partial charge in [0.05, 0.1) is 20.3 Å². The van der Waals surface area contributed by atoms with Crippen LogP contribution in [-0.2, 0) is 16.1 Å². The molecule has 0 bridgehead atoms. The van der Waals surface area contributed by atoms with Gasteiger partial charge in [-0.2, -0.15) is 0 Å². The minimum atomic E-state index is 0.189. The number of morpholine rings is 1. The summed E-state index contributed by atoms with van der Waals surface area (Å²) in [6.07, 6.45) is 4.59. The van der Waals surface area contributed by atoms with Crippen molar-refractivity contribution in [2.24, 2.45) is 11.3 Å². The van der Waals surface area contributed by atoms with E-state index >= 15 is 0 Å². The maximum absolute atomic E-state index is 13.1. The number of hydrogen-bond donors (Lipinski definition) is 0. The Morgan fingerprint density at radius 1 is 1.27 bits per heavy atom. The molecule has 0 N–H and O–H groups in total. The van der Waals surface area contributed by atoms with Gasteiger partial charge in [-0.25, -0.2) is 0 Å². The summed E-state index contributed by atoms with van der Waals surface area (Å²) >= 11 is 0. The van der Waals surface area contributed by atoms with E-state index in [9.17, 15) is 4.79 Å². The van der Waals surface area contributed by atoms with Crippen LogP contribution in [0, 0.1) is 11.3 Å². The Kier molecular flexibility index (Phi) is 5.18. The highest BCUT2D eigenvalue weighted by Gasteiger charge is 2.51. The fraction of sp³-hybridized carbons (Fsp3) is 0.667. The summed E-state index contributed by atoms with van der Waals surface area (Å²) in [6, 6.07) is 8.33. The predicted molar refractivity (Wildman–Crippen MR) is 100 cm³/mol. The molecule has 5 heteroatoms. The molecule has 3 fully saturated rings. The topological polar surface area (TPSA) is 42.0 Å². The number of likely N-dealkylation sites (tertiary alicyclic amines) is 1. The molecule has 1 aromatic carbocycles. The van der Waals surface area contributed by atoms with E-state index in [2.05, 4.69) is 23.1 Å². The third kappa shape index (κ3) is 3.47. The summed E-state index contributed by atoms with van der Waals surface area (Å²) in [5.74, 6) is 1.50. The van der Waals surface area contributed by atoms with Crippen molar-refractivity contribution in [3.05, 3.63) is 29.8 Å². The van der Waals surface area contributed by atoms with Gasteiger partial charge >= 0.3 is 0 Å². The van der Waals surface area contributed by atoms with Crippen molar-refractivity contribution in [3.63, 3.8) is 0 Å². The lowest BCUT2D eigenvalue weighted by Crippen LogP contribution is -2.47. The van der Waals surface area contributed by atoms with Gasteiger partial charge in [0.25, 0.3) is 0 Å². The first-order valence-electron chi connectivity index (χ1n) is 9.92. The number of carbonyl (C=O) groups is 1. The SMILES string of the molecule is COc1cccc(CN2CC[C@@]3(CCC[C@@H]3C(=O)N3CCOCC3)C2)c1. The molecule has 4 rings (SSSR count). The third-order valence-corrected chi connectivity index (χ3v) is 6.53. The number of hydrogen-bond acceptors (Lipinski definition) is 4. The summed E-state index contributed by atoms with van der Waals surface area (Å²) < 4.78 is 10.8. The van der Waals surface area contributed by atoms with Gasteiger partial charge in [0.15, 0.2) is 0 Å². The zero-order chi connectivity index (χ0) is 18.0. The van der Waals surface area contributed by atoms with Gasteiger partial charge in [0.1, 0.15) is 5.75 Å². The molecule has 2 saturated heterocycles. The molecule has 142 valence electrons. The Hall–Kier alpha value is -1.59. The first kappa shape index (κ1) is 17.8. The average Bonchev–Trinajstić information content (AvgIpc) is 3.29. The maximum Gasteiger partial charge on any atom is 0.226 e. The molecule has 1 spiro atoms. The van der Waals surface area contributed by atoms with E-state index in [4.69, 9.17) is 9.47 Å². The Balaban J connectivity index is 1.42. The van der Waals surface area contributed by atoms with Gasteiger partial charge in [-0.3, -0.25) is 9.69 Å². The van der Waals surface area contributed by atoms with Crippen molar-refractivity contribution >= 4 is 5.91 Å². The lowest BCUT2D eigenvalue weighted by molar-refractivity contribution is -0.143. The van der Waals surface area contributed by atoms with Crippen LogP contribution in [0.5, 0.6) is 5.75 Å². The van der Waals surface area contributed by atoms with Gasteiger partial charge in [0, 0.05) is 32.1 Å². The Morgan fingerprint density at radius 3 is 2.92 bits per heavy atom. The molecule has 2 atom stereocenters. The summed E-state index contributed by atoms with van der Waals surface area (Å²) in [7, 11) is 1.71. The van der Waals surface area contributed by atoms with E-state index in [-0.39, 0.29) is 11.3 Å². The molecule has 1 aliphatic carbocycles. The molecule has 1 aromatic rings. The summed E-state index contributed by atoms with van der Waals surface area (Å²) in [6.45, 7) is 5.98. The smallest absolute Gasteiger partial charge is 0.226 e. The molecule has 1 saturated carbocycles. The maximum atomic E-state index is 13.1. The van der Waals surface area contributed by atoms with Crippen LogP contribution in [0.4, 0.5) is 0 Å². The van der Waals surface area contributed by atoms with Crippen LogP contribution >= 0.6 is 0 Å². The lowest BCUT2D eigenvalue weighted by Gasteiger charge is -2.36. The quantitative estimate of drug-likeness (QED) is 0.830. The number of amides is 1. The lowest BCUT2D eigenvalue weighted by atomic mass is 9.76. The van der Waals surface area contributed by atoms with E-state index in [1.165, 1.54) is 18.4 Å². The van der Waals surface area contributed by atoms with Crippen LogP contribution in [0.1, 0.15) is 31.2 Å². The molecule has 2 heterocycles. The second-order valence-electron chi connectivity index (χ2n) is 8.06. The molecule has 0 aromatic heterocycles. The Bertz CT molecular complexity index is 644. The number of methoxy groups -OCH3 is 1. The van der Waals surface area contributed by atoms with Crippen molar-refractivity contribution < 1.29 is 14.3 Å². The van der Waals surface area contributed by atoms with Gasteiger partial charge < -0.3 is 14.4 Å². The van der Waals surface area contributed by atoms with Crippen molar-refractivity contribution in [2.45, 2.75) is 32.2 Å². The standard InChI is InChI=1S/C21H30N2O3/c1-25-18-5-2-4-17(14-18)15-22-9-8-21(16-22)7-3-6-19(21)20(24)23-10-12-26-13-11-23/h2,4-5,14,19H,3,6-13,15-16H2,1H3/t19-,21+/m1/s1. The highest BCUT2D eigenvalue weighted by molar-refractivity contribution is 5.80. The van der Waals surface area contributed by atoms with E-state index in [0.29, 0.717) is 19.1 Å². The van der Waals surface area contributed by atoms with E-state index in [1.54, 1.807) is 7.11 Å². The normalized spacial score (nSPS) is 29.4. The van der Waals surface area contributed by atoms with Crippen LogP contribution in [0.25, 0.3) is 0 Å². The van der Waals surface area contributed by atoms with Crippen molar-refractivity contribution in [1.29, 1.82) is 0 Å². The van der Waals surface area contributed by atoms with Gasteiger partial charge in [-0.1, -0.05) is 18.6 Å². The van der Waals surface area contributed by atoms with Crippen LogP contribution in [0.15, 0.2) is 24.3 Å². The van der Waals surface area contributed by atoms with Crippen LogP contribution in [-0.4, -0.2) is 62.2 Å². The van der Waals surface area contributed by atoms with E-state index < -0.39 is 0 Å². The monoisotopic (exact) mass is 358 g/mol. The largest absolute Gasteiger partial charge is 0.497 e. The predicted octanol–water partition coefficient (Wildman–Crippen LogP) is 2.55. The van der Waals surface area contributed by atoms with Crippen LogP contribution in [0.3, 0.4) is 0 Å². The van der Waals surface area contributed by atoms with Gasteiger partial charge in [0.2, 0.25) is 5.91 Å². The molecule has 2 aliphatic heterocycles. The highest BCUT2D eigenvalue weighted by atomic mass is 16.5. The molecule has 0 unspecified atom stereocenters. The number of nitrogens with zero attached hydrogens (tertiary/aromatic N) is 2. The molecule has 1 amide bonds. The molecular weight excluding hydrogens is 328 g/mol. The number of ether oxygens (including phenoxy) is 2. The summed E-state index contributed by atoms with van der Waals surface area (Å²) in [5, 5.41) is 0. The number of rotatable bonds is 4. The fourth-order valence-electron chi connectivity index (χ4n) is 5.16. The van der Waals surface area contributed by atoms with Crippen LogP contribution < -0.4 is 4.74 Å². The minimum absolute atomic E-state index is 0.189. The van der Waals surface area contributed by atoms with E-state index in [0.717, 1.165) is 51.3 Å². The number of carbonyl (C=O) groups excluding carboxylic acids is 1. The molecule has 3 aliphatic rings. The van der Waals surface area contributed by atoms with Crippen LogP contribution in [0.2, 0.25) is 0 Å². The third-order valence-electron chi connectivity index (χ3n) is 6.53.